The maximum Gasteiger partial charge on any atom is 0.416 e. The minimum absolute atomic E-state index is 0.265. The van der Waals surface area contributed by atoms with Crippen LogP contribution in [-0.4, -0.2) is 29.7 Å². The van der Waals surface area contributed by atoms with Gasteiger partial charge in [-0.05, 0) is 35.9 Å². The van der Waals surface area contributed by atoms with Gasteiger partial charge in [-0.25, -0.2) is 4.39 Å². The summed E-state index contributed by atoms with van der Waals surface area (Å²) >= 11 is 0. The van der Waals surface area contributed by atoms with E-state index in [1.165, 1.54) is 18.2 Å². The Morgan fingerprint density at radius 1 is 0.967 bits per heavy atom. The first-order chi connectivity index (χ1) is 14.4. The van der Waals surface area contributed by atoms with Crippen molar-refractivity contribution >= 4 is 0 Å². The number of aromatic nitrogens is 1. The van der Waals surface area contributed by atoms with Gasteiger partial charge in [-0.2, -0.15) is 13.2 Å². The van der Waals surface area contributed by atoms with Gasteiger partial charge in [0.15, 0.2) is 0 Å². The normalized spacial score (nSPS) is 11.9. The van der Waals surface area contributed by atoms with E-state index in [-0.39, 0.29) is 5.82 Å². The largest absolute Gasteiger partial charge is 0.416 e. The molecular weight excluding hydrogens is 396 g/mol. The fraction of sp³-hybridized carbons (Fsp3) is 0.304. The standard InChI is InChI=1S/C23H24F4N2O/c1-30-13-12-28(16-19-7-2-3-10-22(19)24)17-21-9-5-11-29(21)15-18-6-4-8-20(14-18)23(25,26)27/h2-11,14H,12-13,15-17H2,1H3. The topological polar surface area (TPSA) is 17.4 Å². The van der Waals surface area contributed by atoms with E-state index in [0.29, 0.717) is 43.9 Å². The lowest BCUT2D eigenvalue weighted by atomic mass is 10.1. The van der Waals surface area contributed by atoms with Gasteiger partial charge in [0.1, 0.15) is 5.82 Å². The smallest absolute Gasteiger partial charge is 0.383 e. The first-order valence-electron chi connectivity index (χ1n) is 9.61. The van der Waals surface area contributed by atoms with Gasteiger partial charge in [-0.3, -0.25) is 4.90 Å². The van der Waals surface area contributed by atoms with Crippen molar-refractivity contribution in [3.63, 3.8) is 0 Å². The third kappa shape index (κ3) is 5.93. The van der Waals surface area contributed by atoms with Crippen LogP contribution in [0.25, 0.3) is 0 Å². The average Bonchev–Trinajstić information content (AvgIpc) is 3.14. The van der Waals surface area contributed by atoms with E-state index in [4.69, 9.17) is 4.74 Å². The average molecular weight is 420 g/mol. The molecule has 0 N–H and O–H groups in total. The van der Waals surface area contributed by atoms with E-state index >= 15 is 0 Å². The molecule has 0 bridgehead atoms. The fourth-order valence-corrected chi connectivity index (χ4v) is 3.32. The predicted molar refractivity (Wildman–Crippen MR) is 107 cm³/mol. The summed E-state index contributed by atoms with van der Waals surface area (Å²) in [4.78, 5) is 2.06. The van der Waals surface area contributed by atoms with Crippen LogP contribution in [0.15, 0.2) is 66.9 Å². The summed E-state index contributed by atoms with van der Waals surface area (Å²) in [5, 5.41) is 0. The van der Waals surface area contributed by atoms with E-state index in [1.54, 1.807) is 31.4 Å². The number of hydrogen-bond donors (Lipinski definition) is 0. The number of hydrogen-bond acceptors (Lipinski definition) is 2. The first-order valence-corrected chi connectivity index (χ1v) is 9.61. The lowest BCUT2D eigenvalue weighted by Crippen LogP contribution is -2.28. The third-order valence-corrected chi connectivity index (χ3v) is 4.88. The van der Waals surface area contributed by atoms with Crippen LogP contribution in [0, 0.1) is 5.82 Å². The van der Waals surface area contributed by atoms with Crippen LogP contribution in [0.5, 0.6) is 0 Å². The summed E-state index contributed by atoms with van der Waals surface area (Å²) in [5.74, 6) is -0.265. The number of alkyl halides is 3. The van der Waals surface area contributed by atoms with Gasteiger partial charge in [0.2, 0.25) is 0 Å². The monoisotopic (exact) mass is 420 g/mol. The van der Waals surface area contributed by atoms with Crippen molar-refractivity contribution < 1.29 is 22.3 Å². The lowest BCUT2D eigenvalue weighted by molar-refractivity contribution is -0.137. The number of nitrogens with zero attached hydrogens (tertiary/aromatic N) is 2. The Labute approximate surface area is 173 Å². The predicted octanol–water partition coefficient (Wildman–Crippen LogP) is 5.34. The van der Waals surface area contributed by atoms with Crippen LogP contribution >= 0.6 is 0 Å². The zero-order valence-corrected chi connectivity index (χ0v) is 16.7. The molecular formula is C23H24F4N2O. The van der Waals surface area contributed by atoms with Gasteiger partial charge in [0.05, 0.1) is 12.2 Å². The van der Waals surface area contributed by atoms with E-state index in [1.807, 2.05) is 22.9 Å². The molecule has 160 valence electrons. The van der Waals surface area contributed by atoms with E-state index in [0.717, 1.165) is 11.8 Å². The van der Waals surface area contributed by atoms with Crippen molar-refractivity contribution in [3.05, 3.63) is 95.1 Å². The Kier molecular flexibility index (Phi) is 7.29. The molecule has 0 unspecified atom stereocenters. The van der Waals surface area contributed by atoms with Gasteiger partial charge >= 0.3 is 6.18 Å². The molecule has 7 heteroatoms. The molecule has 0 aliphatic heterocycles. The zero-order chi connectivity index (χ0) is 21.6. The minimum Gasteiger partial charge on any atom is -0.383 e. The second kappa shape index (κ2) is 9.91. The highest BCUT2D eigenvalue weighted by atomic mass is 19.4. The highest BCUT2D eigenvalue weighted by Gasteiger charge is 2.30. The summed E-state index contributed by atoms with van der Waals surface area (Å²) in [6.07, 6.45) is -2.53. The van der Waals surface area contributed by atoms with E-state index in [9.17, 15) is 17.6 Å². The second-order valence-corrected chi connectivity index (χ2v) is 7.12. The molecule has 0 fully saturated rings. The zero-order valence-electron chi connectivity index (χ0n) is 16.7. The number of ether oxygens (including phenoxy) is 1. The summed E-state index contributed by atoms with van der Waals surface area (Å²) in [6, 6.07) is 15.8. The molecule has 3 nitrogen and oxygen atoms in total. The van der Waals surface area contributed by atoms with Crippen LogP contribution in [0.3, 0.4) is 0 Å². The Morgan fingerprint density at radius 3 is 2.50 bits per heavy atom. The SMILES string of the molecule is COCCN(Cc1ccccc1F)Cc1cccn1Cc1cccc(C(F)(F)F)c1. The van der Waals surface area contributed by atoms with Gasteiger partial charge in [0, 0.05) is 50.7 Å². The molecule has 2 aromatic carbocycles. The summed E-state index contributed by atoms with van der Waals surface area (Å²) in [6.45, 7) is 2.33. The maximum atomic E-state index is 14.1. The van der Waals surface area contributed by atoms with Crippen LogP contribution in [0.1, 0.15) is 22.4 Å². The van der Waals surface area contributed by atoms with E-state index < -0.39 is 11.7 Å². The molecule has 30 heavy (non-hydrogen) atoms. The molecule has 3 aromatic rings. The fourth-order valence-electron chi connectivity index (χ4n) is 3.32. The number of methoxy groups -OCH3 is 1. The number of rotatable bonds is 9. The summed E-state index contributed by atoms with van der Waals surface area (Å²) in [5.41, 5.74) is 1.43. The Hall–Kier alpha value is -2.64. The maximum absolute atomic E-state index is 14.1. The highest BCUT2D eigenvalue weighted by molar-refractivity contribution is 5.26. The van der Waals surface area contributed by atoms with Gasteiger partial charge in [-0.1, -0.05) is 30.3 Å². The molecule has 0 saturated carbocycles. The molecule has 0 atom stereocenters. The number of benzene rings is 2. The van der Waals surface area contributed by atoms with Crippen molar-refractivity contribution in [1.29, 1.82) is 0 Å². The van der Waals surface area contributed by atoms with Crippen LogP contribution in [0.4, 0.5) is 17.6 Å². The molecule has 0 radical (unpaired) electrons. The lowest BCUT2D eigenvalue weighted by Gasteiger charge is -2.23. The van der Waals surface area contributed by atoms with Crippen LogP contribution in [-0.2, 0) is 30.5 Å². The van der Waals surface area contributed by atoms with Crippen molar-refractivity contribution in [1.82, 2.24) is 9.47 Å². The Morgan fingerprint density at radius 2 is 1.77 bits per heavy atom. The Bertz CT molecular complexity index is 952. The van der Waals surface area contributed by atoms with Gasteiger partial charge in [0.25, 0.3) is 0 Å². The Balaban J connectivity index is 1.76. The molecule has 1 heterocycles. The quantitative estimate of drug-likeness (QED) is 0.435. The van der Waals surface area contributed by atoms with Crippen LogP contribution < -0.4 is 0 Å². The molecule has 3 rings (SSSR count). The van der Waals surface area contributed by atoms with Crippen LogP contribution in [0.2, 0.25) is 0 Å². The van der Waals surface area contributed by atoms with Crippen molar-refractivity contribution in [2.24, 2.45) is 0 Å². The highest BCUT2D eigenvalue weighted by Crippen LogP contribution is 2.29. The van der Waals surface area contributed by atoms with Gasteiger partial charge < -0.3 is 9.30 Å². The van der Waals surface area contributed by atoms with Crippen molar-refractivity contribution in [2.45, 2.75) is 25.8 Å². The van der Waals surface area contributed by atoms with Crippen molar-refractivity contribution in [3.8, 4) is 0 Å². The van der Waals surface area contributed by atoms with Gasteiger partial charge in [-0.15, -0.1) is 0 Å². The second-order valence-electron chi connectivity index (χ2n) is 7.12. The summed E-state index contributed by atoms with van der Waals surface area (Å²) < 4.78 is 60.2. The molecule has 0 saturated heterocycles. The minimum atomic E-state index is -4.37. The third-order valence-electron chi connectivity index (χ3n) is 4.88. The molecule has 0 amide bonds. The number of halogens is 4. The molecule has 0 aliphatic carbocycles. The van der Waals surface area contributed by atoms with Crippen molar-refractivity contribution in [2.75, 3.05) is 20.3 Å². The molecule has 1 aromatic heterocycles. The van der Waals surface area contributed by atoms with E-state index in [2.05, 4.69) is 4.90 Å². The first kappa shape index (κ1) is 22.1. The molecule has 0 aliphatic rings. The molecule has 0 spiro atoms. The summed E-state index contributed by atoms with van der Waals surface area (Å²) in [7, 11) is 1.61.